The topological polar surface area (TPSA) is 22.1 Å². The van der Waals surface area contributed by atoms with E-state index in [0.29, 0.717) is 0 Å². The lowest BCUT2D eigenvalue weighted by atomic mass is 9.93. The highest BCUT2D eigenvalue weighted by Crippen LogP contribution is 2.29. The maximum Gasteiger partial charge on any atom is 0.122 e. The van der Waals surface area contributed by atoms with Gasteiger partial charge < -0.3 is 4.74 Å². The van der Waals surface area contributed by atoms with Crippen LogP contribution in [0.25, 0.3) is 0 Å². The molecule has 1 heterocycles. The summed E-state index contributed by atoms with van der Waals surface area (Å²) in [5, 5.41) is 3.26. The first-order chi connectivity index (χ1) is 6.99. The largest absolute Gasteiger partial charge is 0.371 e. The van der Waals surface area contributed by atoms with Crippen molar-refractivity contribution in [3.05, 3.63) is 16.1 Å². The van der Waals surface area contributed by atoms with Gasteiger partial charge in [-0.25, -0.2) is 4.98 Å². The molecule has 0 spiro atoms. The molecule has 0 aliphatic rings. The molecule has 1 aromatic heterocycles. The van der Waals surface area contributed by atoms with E-state index in [0.717, 1.165) is 18.0 Å². The van der Waals surface area contributed by atoms with Crippen molar-refractivity contribution in [1.82, 2.24) is 4.98 Å². The molecule has 86 valence electrons. The van der Waals surface area contributed by atoms with E-state index in [-0.39, 0.29) is 11.5 Å². The van der Waals surface area contributed by atoms with Crippen LogP contribution in [-0.4, -0.2) is 11.6 Å². The molecule has 1 rings (SSSR count). The van der Waals surface area contributed by atoms with Crippen molar-refractivity contribution in [1.29, 1.82) is 0 Å². The van der Waals surface area contributed by atoms with Gasteiger partial charge in [0.2, 0.25) is 0 Å². The summed E-state index contributed by atoms with van der Waals surface area (Å²) < 4.78 is 5.65. The standard InChI is InChI=1S/C12H21NOS/c1-6-9(14-7-2)11-13-10(8-15-11)12(3,4)5/h8-9H,6-7H2,1-5H3. The molecule has 0 saturated heterocycles. The number of aromatic nitrogens is 1. The molecular formula is C12H21NOS. The van der Waals surface area contributed by atoms with Crippen LogP contribution in [-0.2, 0) is 10.2 Å². The fraction of sp³-hybridized carbons (Fsp3) is 0.750. The summed E-state index contributed by atoms with van der Waals surface area (Å²) in [6.45, 7) is 11.5. The van der Waals surface area contributed by atoms with Crippen LogP contribution >= 0.6 is 11.3 Å². The van der Waals surface area contributed by atoms with Crippen LogP contribution in [0.3, 0.4) is 0 Å². The van der Waals surface area contributed by atoms with E-state index in [4.69, 9.17) is 4.74 Å². The van der Waals surface area contributed by atoms with Crippen molar-refractivity contribution < 1.29 is 4.74 Å². The molecule has 2 nitrogen and oxygen atoms in total. The second kappa shape index (κ2) is 5.08. The van der Waals surface area contributed by atoms with Gasteiger partial charge in [0.25, 0.3) is 0 Å². The fourth-order valence-corrected chi connectivity index (χ4v) is 2.52. The van der Waals surface area contributed by atoms with Gasteiger partial charge in [0.05, 0.1) is 5.69 Å². The molecule has 15 heavy (non-hydrogen) atoms. The number of thiazole rings is 1. The number of nitrogens with zero attached hydrogens (tertiary/aromatic N) is 1. The summed E-state index contributed by atoms with van der Waals surface area (Å²) in [6.07, 6.45) is 1.17. The highest BCUT2D eigenvalue weighted by Gasteiger charge is 2.20. The lowest BCUT2D eigenvalue weighted by molar-refractivity contribution is 0.0594. The average molecular weight is 227 g/mol. The molecular weight excluding hydrogens is 206 g/mol. The normalized spacial score (nSPS) is 14.2. The van der Waals surface area contributed by atoms with Crippen LogP contribution in [0, 0.1) is 0 Å². The molecule has 1 atom stereocenters. The van der Waals surface area contributed by atoms with E-state index in [1.807, 2.05) is 6.92 Å². The van der Waals surface area contributed by atoms with Crippen molar-refractivity contribution >= 4 is 11.3 Å². The second-order valence-corrected chi connectivity index (χ2v) is 5.56. The summed E-state index contributed by atoms with van der Waals surface area (Å²) in [5.74, 6) is 0. The SMILES string of the molecule is CCOC(CC)c1nc(C(C)(C)C)cs1. The lowest BCUT2D eigenvalue weighted by Crippen LogP contribution is -2.12. The Hall–Kier alpha value is -0.410. The van der Waals surface area contributed by atoms with Gasteiger partial charge in [-0.05, 0) is 13.3 Å². The summed E-state index contributed by atoms with van der Waals surface area (Å²) >= 11 is 1.71. The van der Waals surface area contributed by atoms with Gasteiger partial charge in [-0.15, -0.1) is 11.3 Å². The lowest BCUT2D eigenvalue weighted by Gasteiger charge is -2.15. The number of ether oxygens (including phenoxy) is 1. The smallest absolute Gasteiger partial charge is 0.122 e. The van der Waals surface area contributed by atoms with Gasteiger partial charge >= 0.3 is 0 Å². The Morgan fingerprint density at radius 3 is 2.47 bits per heavy atom. The van der Waals surface area contributed by atoms with E-state index in [9.17, 15) is 0 Å². The van der Waals surface area contributed by atoms with Crippen molar-refractivity contribution in [2.24, 2.45) is 0 Å². The van der Waals surface area contributed by atoms with E-state index in [1.165, 1.54) is 5.69 Å². The van der Waals surface area contributed by atoms with Crippen LogP contribution in [0.1, 0.15) is 57.8 Å². The summed E-state index contributed by atoms with van der Waals surface area (Å²) in [7, 11) is 0. The Morgan fingerprint density at radius 2 is 2.07 bits per heavy atom. The molecule has 1 aromatic rings. The zero-order valence-corrected chi connectivity index (χ0v) is 11.1. The molecule has 1 unspecified atom stereocenters. The van der Waals surface area contributed by atoms with E-state index in [1.54, 1.807) is 11.3 Å². The predicted octanol–water partition coefficient (Wildman–Crippen LogP) is 3.93. The number of rotatable bonds is 4. The molecule has 0 aromatic carbocycles. The van der Waals surface area contributed by atoms with Gasteiger partial charge in [0.15, 0.2) is 0 Å². The zero-order chi connectivity index (χ0) is 11.5. The molecule has 0 amide bonds. The van der Waals surface area contributed by atoms with Crippen molar-refractivity contribution in [2.75, 3.05) is 6.61 Å². The maximum atomic E-state index is 5.65. The predicted molar refractivity (Wildman–Crippen MR) is 65.5 cm³/mol. The first kappa shape index (κ1) is 12.7. The third kappa shape index (κ3) is 3.28. The summed E-state index contributed by atoms with van der Waals surface area (Å²) in [6, 6.07) is 0. The second-order valence-electron chi connectivity index (χ2n) is 4.67. The van der Waals surface area contributed by atoms with Crippen LogP contribution in [0.2, 0.25) is 0 Å². The van der Waals surface area contributed by atoms with Gasteiger partial charge in [-0.3, -0.25) is 0 Å². The fourth-order valence-electron chi connectivity index (χ4n) is 1.34. The average Bonchev–Trinajstić information content (AvgIpc) is 2.62. The zero-order valence-electron chi connectivity index (χ0n) is 10.3. The molecule has 0 N–H and O–H groups in total. The molecule has 3 heteroatoms. The first-order valence-electron chi connectivity index (χ1n) is 5.56. The molecule has 0 aliphatic carbocycles. The Morgan fingerprint density at radius 1 is 1.40 bits per heavy atom. The minimum Gasteiger partial charge on any atom is -0.371 e. The first-order valence-corrected chi connectivity index (χ1v) is 6.44. The Kier molecular flexibility index (Phi) is 4.29. The summed E-state index contributed by atoms with van der Waals surface area (Å²) in [4.78, 5) is 4.66. The highest BCUT2D eigenvalue weighted by atomic mass is 32.1. The van der Waals surface area contributed by atoms with E-state index < -0.39 is 0 Å². The monoisotopic (exact) mass is 227 g/mol. The van der Waals surface area contributed by atoms with Crippen molar-refractivity contribution in [2.45, 2.75) is 52.6 Å². The Bertz CT molecular complexity index is 301. The van der Waals surface area contributed by atoms with Crippen LogP contribution in [0.4, 0.5) is 0 Å². The van der Waals surface area contributed by atoms with E-state index in [2.05, 4.69) is 38.1 Å². The molecule has 0 radical (unpaired) electrons. The van der Waals surface area contributed by atoms with Gasteiger partial charge in [-0.2, -0.15) is 0 Å². The Labute approximate surface area is 96.7 Å². The minimum atomic E-state index is 0.138. The van der Waals surface area contributed by atoms with Gasteiger partial charge in [-0.1, -0.05) is 27.7 Å². The Balaban J connectivity index is 2.82. The van der Waals surface area contributed by atoms with E-state index >= 15 is 0 Å². The van der Waals surface area contributed by atoms with Crippen LogP contribution < -0.4 is 0 Å². The maximum absolute atomic E-state index is 5.65. The highest BCUT2D eigenvalue weighted by molar-refractivity contribution is 7.09. The van der Waals surface area contributed by atoms with Crippen molar-refractivity contribution in [3.63, 3.8) is 0 Å². The van der Waals surface area contributed by atoms with Crippen LogP contribution in [0.5, 0.6) is 0 Å². The quantitative estimate of drug-likeness (QED) is 0.777. The van der Waals surface area contributed by atoms with Gasteiger partial charge in [0.1, 0.15) is 11.1 Å². The third-order valence-corrected chi connectivity index (χ3v) is 3.24. The van der Waals surface area contributed by atoms with Gasteiger partial charge in [0, 0.05) is 17.4 Å². The summed E-state index contributed by atoms with van der Waals surface area (Å²) in [5.41, 5.74) is 1.31. The molecule has 0 fully saturated rings. The number of hydrogen-bond acceptors (Lipinski definition) is 3. The number of hydrogen-bond donors (Lipinski definition) is 0. The molecule has 0 aliphatic heterocycles. The molecule has 0 saturated carbocycles. The van der Waals surface area contributed by atoms with Crippen LogP contribution in [0.15, 0.2) is 5.38 Å². The molecule has 0 bridgehead atoms. The van der Waals surface area contributed by atoms with Crippen molar-refractivity contribution in [3.8, 4) is 0 Å². The third-order valence-electron chi connectivity index (χ3n) is 2.30. The minimum absolute atomic E-state index is 0.138.